The fourth-order valence-corrected chi connectivity index (χ4v) is 2.05. The van der Waals surface area contributed by atoms with Gasteiger partial charge >= 0.3 is 0 Å². The fourth-order valence-electron chi connectivity index (χ4n) is 1.88. The SMILES string of the molecule is COc1ccc(Cl)c(Nc2cccc(OC(C)C)c2N)c1. The van der Waals surface area contributed by atoms with Gasteiger partial charge in [-0.3, -0.25) is 0 Å². The average Bonchev–Trinajstić information content (AvgIpc) is 2.45. The van der Waals surface area contributed by atoms with Gasteiger partial charge in [-0.1, -0.05) is 17.7 Å². The minimum Gasteiger partial charge on any atom is -0.497 e. The van der Waals surface area contributed by atoms with Gasteiger partial charge in [-0.2, -0.15) is 0 Å². The van der Waals surface area contributed by atoms with Gasteiger partial charge in [0.2, 0.25) is 0 Å². The monoisotopic (exact) mass is 306 g/mol. The molecule has 0 saturated heterocycles. The largest absolute Gasteiger partial charge is 0.497 e. The van der Waals surface area contributed by atoms with E-state index in [0.29, 0.717) is 16.5 Å². The number of para-hydroxylation sites is 1. The Morgan fingerprint density at radius 1 is 1.14 bits per heavy atom. The number of ether oxygens (including phenoxy) is 2. The first-order chi connectivity index (χ1) is 10.0. The lowest BCUT2D eigenvalue weighted by Crippen LogP contribution is -2.08. The minimum absolute atomic E-state index is 0.0583. The quantitative estimate of drug-likeness (QED) is 0.801. The van der Waals surface area contributed by atoms with Gasteiger partial charge in [-0.05, 0) is 38.1 Å². The summed E-state index contributed by atoms with van der Waals surface area (Å²) in [6.45, 7) is 3.91. The molecule has 0 amide bonds. The van der Waals surface area contributed by atoms with Crippen LogP contribution in [-0.2, 0) is 0 Å². The summed E-state index contributed by atoms with van der Waals surface area (Å²) >= 11 is 6.19. The summed E-state index contributed by atoms with van der Waals surface area (Å²) in [6.07, 6.45) is 0.0583. The third-order valence-electron chi connectivity index (χ3n) is 2.87. The molecule has 3 N–H and O–H groups in total. The van der Waals surface area contributed by atoms with Crippen LogP contribution in [0.15, 0.2) is 36.4 Å². The number of methoxy groups -OCH3 is 1. The van der Waals surface area contributed by atoms with Gasteiger partial charge in [0.15, 0.2) is 0 Å². The molecule has 21 heavy (non-hydrogen) atoms. The molecule has 0 aliphatic heterocycles. The number of nitrogens with one attached hydrogen (secondary N) is 1. The second-order valence-electron chi connectivity index (χ2n) is 4.85. The van der Waals surface area contributed by atoms with Crippen molar-refractivity contribution in [3.8, 4) is 11.5 Å². The number of benzene rings is 2. The summed E-state index contributed by atoms with van der Waals surface area (Å²) in [6, 6.07) is 11.0. The molecular formula is C16H19ClN2O2. The maximum Gasteiger partial charge on any atom is 0.144 e. The highest BCUT2D eigenvalue weighted by Gasteiger charge is 2.10. The van der Waals surface area contributed by atoms with Gasteiger partial charge in [0.25, 0.3) is 0 Å². The summed E-state index contributed by atoms with van der Waals surface area (Å²) in [5.74, 6) is 1.36. The molecule has 4 nitrogen and oxygen atoms in total. The van der Waals surface area contributed by atoms with Gasteiger partial charge in [0, 0.05) is 6.07 Å². The van der Waals surface area contributed by atoms with Crippen molar-refractivity contribution in [2.45, 2.75) is 20.0 Å². The van der Waals surface area contributed by atoms with Crippen LogP contribution in [0.4, 0.5) is 17.1 Å². The molecule has 0 aromatic heterocycles. The van der Waals surface area contributed by atoms with Crippen molar-refractivity contribution < 1.29 is 9.47 Å². The Kier molecular flexibility index (Phi) is 4.81. The lowest BCUT2D eigenvalue weighted by molar-refractivity contribution is 0.244. The summed E-state index contributed by atoms with van der Waals surface area (Å²) < 4.78 is 10.9. The van der Waals surface area contributed by atoms with Gasteiger partial charge in [0.1, 0.15) is 11.5 Å². The van der Waals surface area contributed by atoms with E-state index in [9.17, 15) is 0 Å². The first-order valence-electron chi connectivity index (χ1n) is 6.67. The Bertz CT molecular complexity index is 630. The number of anilines is 3. The van der Waals surface area contributed by atoms with Crippen molar-refractivity contribution >= 4 is 28.7 Å². The summed E-state index contributed by atoms with van der Waals surface area (Å²) in [4.78, 5) is 0. The Morgan fingerprint density at radius 3 is 2.57 bits per heavy atom. The van der Waals surface area contributed by atoms with Crippen molar-refractivity contribution in [1.82, 2.24) is 0 Å². The predicted molar refractivity (Wildman–Crippen MR) is 87.9 cm³/mol. The summed E-state index contributed by atoms with van der Waals surface area (Å²) in [5, 5.41) is 3.80. The highest BCUT2D eigenvalue weighted by atomic mass is 35.5. The maximum atomic E-state index is 6.19. The highest BCUT2D eigenvalue weighted by Crippen LogP contribution is 2.35. The van der Waals surface area contributed by atoms with Gasteiger partial charge in [0.05, 0.1) is 35.3 Å². The molecule has 0 unspecified atom stereocenters. The number of halogens is 1. The van der Waals surface area contributed by atoms with E-state index in [2.05, 4.69) is 5.32 Å². The van der Waals surface area contributed by atoms with Crippen molar-refractivity contribution in [2.24, 2.45) is 0 Å². The van der Waals surface area contributed by atoms with Crippen LogP contribution in [0, 0.1) is 0 Å². The Balaban J connectivity index is 2.31. The third kappa shape index (κ3) is 3.73. The van der Waals surface area contributed by atoms with Gasteiger partial charge in [-0.15, -0.1) is 0 Å². The third-order valence-corrected chi connectivity index (χ3v) is 3.20. The van der Waals surface area contributed by atoms with Crippen molar-refractivity contribution in [3.05, 3.63) is 41.4 Å². The van der Waals surface area contributed by atoms with E-state index < -0.39 is 0 Å². The lowest BCUT2D eigenvalue weighted by Gasteiger charge is -2.16. The van der Waals surface area contributed by atoms with Crippen LogP contribution in [0.25, 0.3) is 0 Å². The lowest BCUT2D eigenvalue weighted by atomic mass is 10.2. The molecule has 2 rings (SSSR count). The number of hydrogen-bond acceptors (Lipinski definition) is 4. The zero-order valence-electron chi connectivity index (χ0n) is 12.3. The summed E-state index contributed by atoms with van der Waals surface area (Å²) in [5.41, 5.74) is 8.15. The first kappa shape index (κ1) is 15.3. The predicted octanol–water partition coefficient (Wildman–Crippen LogP) is 4.46. The van der Waals surface area contributed by atoms with E-state index in [1.807, 2.05) is 38.1 Å². The van der Waals surface area contributed by atoms with Gasteiger partial charge < -0.3 is 20.5 Å². The van der Waals surface area contributed by atoms with Crippen LogP contribution >= 0.6 is 11.6 Å². The van der Waals surface area contributed by atoms with E-state index in [0.717, 1.165) is 17.1 Å². The highest BCUT2D eigenvalue weighted by molar-refractivity contribution is 6.33. The van der Waals surface area contributed by atoms with E-state index in [-0.39, 0.29) is 6.10 Å². The molecule has 0 atom stereocenters. The number of hydrogen-bond donors (Lipinski definition) is 2. The van der Waals surface area contributed by atoms with E-state index in [1.54, 1.807) is 19.2 Å². The van der Waals surface area contributed by atoms with Crippen LogP contribution < -0.4 is 20.5 Å². The molecular weight excluding hydrogens is 288 g/mol. The molecule has 0 radical (unpaired) electrons. The second kappa shape index (κ2) is 6.59. The molecule has 0 saturated carbocycles. The first-order valence-corrected chi connectivity index (χ1v) is 7.04. The standard InChI is InChI=1S/C16H19ClN2O2/c1-10(2)21-15-6-4-5-13(16(15)18)19-14-9-11(20-3)7-8-12(14)17/h4-10,19H,18H2,1-3H3. The van der Waals surface area contributed by atoms with Crippen molar-refractivity contribution in [3.63, 3.8) is 0 Å². The van der Waals surface area contributed by atoms with Crippen molar-refractivity contribution in [1.29, 1.82) is 0 Å². The molecule has 2 aromatic rings. The number of nitrogens with two attached hydrogens (primary N) is 1. The minimum atomic E-state index is 0.0583. The zero-order valence-corrected chi connectivity index (χ0v) is 13.1. The Hall–Kier alpha value is -2.07. The Labute approximate surface area is 129 Å². The van der Waals surface area contributed by atoms with E-state index in [1.165, 1.54) is 0 Å². The molecule has 2 aromatic carbocycles. The molecule has 112 valence electrons. The fraction of sp³-hybridized carbons (Fsp3) is 0.250. The molecule has 0 bridgehead atoms. The van der Waals surface area contributed by atoms with Crippen LogP contribution in [0.5, 0.6) is 11.5 Å². The molecule has 5 heteroatoms. The second-order valence-corrected chi connectivity index (χ2v) is 5.26. The van der Waals surface area contributed by atoms with Crippen LogP contribution in [0.3, 0.4) is 0 Å². The summed E-state index contributed by atoms with van der Waals surface area (Å²) in [7, 11) is 1.61. The van der Waals surface area contributed by atoms with Crippen LogP contribution in [-0.4, -0.2) is 13.2 Å². The molecule has 0 heterocycles. The maximum absolute atomic E-state index is 6.19. The number of rotatable bonds is 5. The number of nitrogen functional groups attached to an aromatic ring is 1. The molecule has 0 spiro atoms. The zero-order chi connectivity index (χ0) is 15.4. The Morgan fingerprint density at radius 2 is 1.90 bits per heavy atom. The van der Waals surface area contributed by atoms with Crippen LogP contribution in [0.2, 0.25) is 5.02 Å². The molecule has 0 fully saturated rings. The molecule has 0 aliphatic carbocycles. The smallest absolute Gasteiger partial charge is 0.144 e. The van der Waals surface area contributed by atoms with E-state index in [4.69, 9.17) is 26.8 Å². The topological polar surface area (TPSA) is 56.5 Å². The van der Waals surface area contributed by atoms with Crippen LogP contribution in [0.1, 0.15) is 13.8 Å². The normalized spacial score (nSPS) is 10.5. The van der Waals surface area contributed by atoms with Crippen molar-refractivity contribution in [2.75, 3.05) is 18.2 Å². The molecule has 0 aliphatic rings. The van der Waals surface area contributed by atoms with E-state index >= 15 is 0 Å². The van der Waals surface area contributed by atoms with Gasteiger partial charge in [-0.25, -0.2) is 0 Å². The average molecular weight is 307 g/mol.